The van der Waals surface area contributed by atoms with E-state index >= 15 is 0 Å². The van der Waals surface area contributed by atoms with Crippen LogP contribution >= 0.6 is 0 Å². The maximum Gasteiger partial charge on any atom is 0.490 e. The van der Waals surface area contributed by atoms with Crippen molar-refractivity contribution in [3.8, 4) is 22.5 Å². The highest BCUT2D eigenvalue weighted by Crippen LogP contribution is 2.27. The van der Waals surface area contributed by atoms with Gasteiger partial charge >= 0.3 is 12.1 Å². The molecule has 0 amide bonds. The summed E-state index contributed by atoms with van der Waals surface area (Å²) in [5, 5.41) is 10.6. The third-order valence-electron chi connectivity index (χ3n) is 5.88. The summed E-state index contributed by atoms with van der Waals surface area (Å²) in [6.07, 6.45) is -5.08. The van der Waals surface area contributed by atoms with Crippen LogP contribution in [-0.4, -0.2) is 27.2 Å². The molecule has 1 aromatic heterocycles. The van der Waals surface area contributed by atoms with E-state index in [9.17, 15) is 13.2 Å². The van der Waals surface area contributed by atoms with E-state index in [1.165, 1.54) is 27.8 Å². The van der Waals surface area contributed by atoms with E-state index in [2.05, 4.69) is 108 Å². The Morgan fingerprint density at radius 3 is 2.05 bits per heavy atom. The van der Waals surface area contributed by atoms with E-state index in [0.29, 0.717) is 0 Å². The molecule has 4 aromatic carbocycles. The van der Waals surface area contributed by atoms with Gasteiger partial charge in [-0.2, -0.15) is 13.2 Å². The number of H-pyrrole nitrogens is 1. The van der Waals surface area contributed by atoms with E-state index in [1.54, 1.807) is 0 Å². The second-order valence-electron chi connectivity index (χ2n) is 8.73. The molecule has 0 aliphatic heterocycles. The van der Waals surface area contributed by atoms with Gasteiger partial charge in [-0.15, -0.1) is 0 Å². The third kappa shape index (κ3) is 6.86. The number of halogens is 3. The van der Waals surface area contributed by atoms with Gasteiger partial charge in [0, 0.05) is 18.7 Å². The first-order valence-electron chi connectivity index (χ1n) is 11.9. The molecule has 0 aliphatic rings. The number of imidazole rings is 1. The maximum absolute atomic E-state index is 10.6. The molecule has 5 aromatic rings. The van der Waals surface area contributed by atoms with Gasteiger partial charge in [-0.05, 0) is 46.9 Å². The second-order valence-corrected chi connectivity index (χ2v) is 8.73. The summed E-state index contributed by atoms with van der Waals surface area (Å²) in [6, 6.07) is 34.1. The minimum atomic E-state index is -5.08. The Bertz CT molecular complexity index is 1510. The Morgan fingerprint density at radius 1 is 0.816 bits per heavy atom. The summed E-state index contributed by atoms with van der Waals surface area (Å²) in [5.41, 5.74) is 9.39. The fourth-order valence-electron chi connectivity index (χ4n) is 3.92. The molecule has 3 N–H and O–H groups in total. The number of hydrogen-bond donors (Lipinski definition) is 3. The number of aliphatic carboxylic acids is 1. The van der Waals surface area contributed by atoms with Gasteiger partial charge in [-0.1, -0.05) is 84.9 Å². The van der Waals surface area contributed by atoms with Gasteiger partial charge in [0.15, 0.2) is 0 Å². The monoisotopic (exact) mass is 517 g/mol. The van der Waals surface area contributed by atoms with Crippen LogP contribution < -0.4 is 5.32 Å². The fraction of sp³-hybridized carbons (Fsp3) is 0.133. The molecule has 0 unspecified atom stereocenters. The van der Waals surface area contributed by atoms with Crippen molar-refractivity contribution in [2.45, 2.75) is 26.2 Å². The van der Waals surface area contributed by atoms with Crippen molar-refractivity contribution in [3.05, 3.63) is 114 Å². The largest absolute Gasteiger partial charge is 0.490 e. The molecule has 0 bridgehead atoms. The van der Waals surface area contributed by atoms with Crippen molar-refractivity contribution in [1.82, 2.24) is 15.3 Å². The average molecular weight is 518 g/mol. The standard InChI is InChI=1S/C28H25N3.C2HF3O2/c1-20-7-5-12-26-27(20)31-28(30-26)25-11-6-10-24(17-25)23-15-13-22(14-16-23)19-29-18-21-8-3-2-4-9-21;3-2(4,5)1(6)7/h2-17,29H,18-19H2,1H3,(H,30,31);(H,6,7). The number of nitrogens with zero attached hydrogens (tertiary/aromatic N) is 1. The second kappa shape index (κ2) is 11.7. The number of alkyl halides is 3. The van der Waals surface area contributed by atoms with Gasteiger partial charge in [0.2, 0.25) is 0 Å². The van der Waals surface area contributed by atoms with Gasteiger partial charge in [-0.25, -0.2) is 9.78 Å². The lowest BCUT2D eigenvalue weighted by molar-refractivity contribution is -0.192. The minimum absolute atomic E-state index is 0.855. The number of hydrogen-bond acceptors (Lipinski definition) is 3. The molecule has 0 fully saturated rings. The number of carboxylic acid groups (broad SMARTS) is 1. The number of carbonyl (C=O) groups is 1. The van der Waals surface area contributed by atoms with Crippen LogP contribution in [0.15, 0.2) is 97.1 Å². The normalized spacial score (nSPS) is 11.2. The molecule has 0 radical (unpaired) electrons. The number of para-hydroxylation sites is 1. The van der Waals surface area contributed by atoms with Gasteiger partial charge in [0.1, 0.15) is 5.82 Å². The first kappa shape index (κ1) is 26.6. The van der Waals surface area contributed by atoms with Crippen molar-refractivity contribution < 1.29 is 23.1 Å². The molecule has 5 nitrogen and oxygen atoms in total. The van der Waals surface area contributed by atoms with E-state index in [0.717, 1.165) is 35.5 Å². The van der Waals surface area contributed by atoms with E-state index in [4.69, 9.17) is 14.9 Å². The first-order valence-corrected chi connectivity index (χ1v) is 11.9. The van der Waals surface area contributed by atoms with Crippen LogP contribution in [0.4, 0.5) is 13.2 Å². The lowest BCUT2D eigenvalue weighted by Gasteiger charge is -2.08. The molecule has 0 saturated carbocycles. The Balaban J connectivity index is 0.000000426. The molecule has 5 rings (SSSR count). The Kier molecular flexibility index (Phi) is 8.23. The molecule has 1 heterocycles. The van der Waals surface area contributed by atoms with Crippen molar-refractivity contribution in [2.24, 2.45) is 0 Å². The number of rotatable bonds is 6. The smallest absolute Gasteiger partial charge is 0.475 e. The van der Waals surface area contributed by atoms with Crippen LogP contribution in [0.5, 0.6) is 0 Å². The predicted molar refractivity (Wildman–Crippen MR) is 142 cm³/mol. The molecular weight excluding hydrogens is 491 g/mol. The number of benzene rings is 4. The van der Waals surface area contributed by atoms with Gasteiger partial charge < -0.3 is 15.4 Å². The van der Waals surface area contributed by atoms with Crippen LogP contribution in [0.25, 0.3) is 33.5 Å². The zero-order valence-corrected chi connectivity index (χ0v) is 20.6. The summed E-state index contributed by atoms with van der Waals surface area (Å²) in [6.45, 7) is 3.83. The predicted octanol–water partition coefficient (Wildman–Crippen LogP) is 7.13. The molecule has 0 atom stereocenters. The minimum Gasteiger partial charge on any atom is -0.475 e. The molecule has 38 heavy (non-hydrogen) atoms. The van der Waals surface area contributed by atoms with E-state index < -0.39 is 12.1 Å². The number of fused-ring (bicyclic) bond motifs is 1. The van der Waals surface area contributed by atoms with Crippen molar-refractivity contribution in [1.29, 1.82) is 0 Å². The molecular formula is C30H26F3N3O2. The third-order valence-corrected chi connectivity index (χ3v) is 5.88. The van der Waals surface area contributed by atoms with Gasteiger partial charge in [-0.3, -0.25) is 0 Å². The highest BCUT2D eigenvalue weighted by atomic mass is 19.4. The molecule has 0 aliphatic carbocycles. The summed E-state index contributed by atoms with van der Waals surface area (Å²) >= 11 is 0. The number of carboxylic acids is 1. The number of nitrogens with one attached hydrogen (secondary N) is 2. The summed E-state index contributed by atoms with van der Waals surface area (Å²) in [5.74, 6) is -1.85. The fourth-order valence-corrected chi connectivity index (χ4v) is 3.92. The lowest BCUT2D eigenvalue weighted by atomic mass is 10.0. The topological polar surface area (TPSA) is 78.0 Å². The van der Waals surface area contributed by atoms with Crippen molar-refractivity contribution in [3.63, 3.8) is 0 Å². The van der Waals surface area contributed by atoms with Crippen molar-refractivity contribution >= 4 is 17.0 Å². The number of aromatic nitrogens is 2. The van der Waals surface area contributed by atoms with Gasteiger partial charge in [0.25, 0.3) is 0 Å². The van der Waals surface area contributed by atoms with Crippen LogP contribution in [-0.2, 0) is 17.9 Å². The van der Waals surface area contributed by atoms with Gasteiger partial charge in [0.05, 0.1) is 11.0 Å². The molecule has 0 saturated heterocycles. The number of aromatic amines is 1. The van der Waals surface area contributed by atoms with Crippen LogP contribution in [0, 0.1) is 6.92 Å². The summed E-state index contributed by atoms with van der Waals surface area (Å²) in [4.78, 5) is 17.2. The number of aryl methyl sites for hydroxylation is 1. The van der Waals surface area contributed by atoms with E-state index in [-0.39, 0.29) is 0 Å². The zero-order valence-electron chi connectivity index (χ0n) is 20.6. The molecule has 194 valence electrons. The Labute approximate surface area is 218 Å². The first-order chi connectivity index (χ1) is 18.2. The Hall–Kier alpha value is -4.43. The zero-order chi connectivity index (χ0) is 27.1. The van der Waals surface area contributed by atoms with Crippen molar-refractivity contribution in [2.75, 3.05) is 0 Å². The summed E-state index contributed by atoms with van der Waals surface area (Å²) in [7, 11) is 0. The average Bonchev–Trinajstić information content (AvgIpc) is 3.36. The van der Waals surface area contributed by atoms with Crippen LogP contribution in [0.3, 0.4) is 0 Å². The molecule has 8 heteroatoms. The summed E-state index contributed by atoms with van der Waals surface area (Å²) < 4.78 is 31.7. The maximum atomic E-state index is 10.6. The molecule has 0 spiro atoms. The SMILES string of the molecule is Cc1cccc2[nH]c(-c3cccc(-c4ccc(CNCc5ccccc5)cc4)c3)nc12.O=C(O)C(F)(F)F. The van der Waals surface area contributed by atoms with E-state index in [1.807, 2.05) is 6.07 Å². The Morgan fingerprint density at radius 2 is 1.42 bits per heavy atom. The highest BCUT2D eigenvalue weighted by molar-refractivity contribution is 5.83. The highest BCUT2D eigenvalue weighted by Gasteiger charge is 2.38. The quantitative estimate of drug-likeness (QED) is 0.224. The lowest BCUT2D eigenvalue weighted by Crippen LogP contribution is -2.21. The van der Waals surface area contributed by atoms with Crippen LogP contribution in [0.2, 0.25) is 0 Å². The van der Waals surface area contributed by atoms with Crippen LogP contribution in [0.1, 0.15) is 16.7 Å².